The minimum atomic E-state index is -0.413. The quantitative estimate of drug-likeness (QED) is 0.799. The van der Waals surface area contributed by atoms with Crippen molar-refractivity contribution in [2.75, 3.05) is 13.2 Å². The van der Waals surface area contributed by atoms with Gasteiger partial charge >= 0.3 is 5.97 Å². The van der Waals surface area contributed by atoms with Gasteiger partial charge in [0, 0.05) is 11.5 Å². The minimum absolute atomic E-state index is 0.114. The van der Waals surface area contributed by atoms with Gasteiger partial charge in [-0.15, -0.1) is 0 Å². The van der Waals surface area contributed by atoms with E-state index in [9.17, 15) is 9.59 Å². The number of rotatable bonds is 4. The summed E-state index contributed by atoms with van der Waals surface area (Å²) in [6.07, 6.45) is 6.10. The van der Waals surface area contributed by atoms with Gasteiger partial charge in [-0.1, -0.05) is 43.5 Å². The Morgan fingerprint density at radius 3 is 2.75 bits per heavy atom. The van der Waals surface area contributed by atoms with Crippen molar-refractivity contribution < 1.29 is 14.3 Å². The van der Waals surface area contributed by atoms with E-state index in [2.05, 4.69) is 5.10 Å². The van der Waals surface area contributed by atoms with E-state index in [1.165, 1.54) is 24.3 Å². The number of ether oxygens (including phenoxy) is 1. The predicted molar refractivity (Wildman–Crippen MR) is 91.6 cm³/mol. The summed E-state index contributed by atoms with van der Waals surface area (Å²) in [5.74, 6) is -0.208. The standard InChI is InChI=1S/C19H24N2O3/c1-2-24-18(23)13-21-17(22)12-15-10-6-7-11-16(15)19(20-21)14-8-4-3-5-9-14/h6-7,10-11,14H,2-5,8-9,12-13H2,1H3. The van der Waals surface area contributed by atoms with Gasteiger partial charge in [0.15, 0.2) is 0 Å². The van der Waals surface area contributed by atoms with Gasteiger partial charge in [0.1, 0.15) is 6.54 Å². The third-order valence-corrected chi connectivity index (χ3v) is 4.73. The van der Waals surface area contributed by atoms with Gasteiger partial charge < -0.3 is 4.74 Å². The highest BCUT2D eigenvalue weighted by Crippen LogP contribution is 2.30. The largest absolute Gasteiger partial charge is 0.465 e. The number of esters is 1. The van der Waals surface area contributed by atoms with E-state index in [4.69, 9.17) is 4.74 Å². The van der Waals surface area contributed by atoms with Crippen LogP contribution >= 0.6 is 0 Å². The van der Waals surface area contributed by atoms with Crippen molar-refractivity contribution in [3.63, 3.8) is 0 Å². The normalized spacial score (nSPS) is 18.6. The highest BCUT2D eigenvalue weighted by atomic mass is 16.5. The molecular formula is C19H24N2O3. The van der Waals surface area contributed by atoms with Crippen LogP contribution < -0.4 is 0 Å². The molecule has 1 aromatic rings. The minimum Gasteiger partial charge on any atom is -0.465 e. The topological polar surface area (TPSA) is 59.0 Å². The van der Waals surface area contributed by atoms with Gasteiger partial charge in [-0.2, -0.15) is 5.10 Å². The number of benzene rings is 1. The van der Waals surface area contributed by atoms with Crippen LogP contribution in [0.5, 0.6) is 0 Å². The van der Waals surface area contributed by atoms with Crippen LogP contribution in [-0.4, -0.2) is 35.7 Å². The summed E-state index contributed by atoms with van der Waals surface area (Å²) in [5.41, 5.74) is 3.02. The van der Waals surface area contributed by atoms with Crippen LogP contribution in [0.25, 0.3) is 0 Å². The van der Waals surface area contributed by atoms with Crippen molar-refractivity contribution in [2.45, 2.75) is 45.4 Å². The Labute approximate surface area is 142 Å². The van der Waals surface area contributed by atoms with E-state index in [0.29, 0.717) is 12.5 Å². The maximum atomic E-state index is 12.6. The first-order valence-electron chi connectivity index (χ1n) is 8.81. The number of hydrazone groups is 1. The van der Waals surface area contributed by atoms with E-state index in [1.54, 1.807) is 6.92 Å². The highest BCUT2D eigenvalue weighted by Gasteiger charge is 2.29. The Hall–Kier alpha value is -2.17. The molecule has 24 heavy (non-hydrogen) atoms. The van der Waals surface area contributed by atoms with Crippen molar-refractivity contribution in [1.29, 1.82) is 0 Å². The van der Waals surface area contributed by atoms with Gasteiger partial charge in [0.25, 0.3) is 0 Å². The lowest BCUT2D eigenvalue weighted by atomic mass is 9.82. The molecule has 128 valence electrons. The molecule has 0 atom stereocenters. The molecule has 5 heteroatoms. The molecule has 0 unspecified atom stereocenters. The highest BCUT2D eigenvalue weighted by molar-refractivity contribution is 6.06. The van der Waals surface area contributed by atoms with E-state index < -0.39 is 5.97 Å². The fourth-order valence-corrected chi connectivity index (χ4v) is 3.55. The number of carbonyl (C=O) groups is 2. The van der Waals surface area contributed by atoms with Crippen molar-refractivity contribution in [2.24, 2.45) is 11.0 Å². The van der Waals surface area contributed by atoms with Crippen LogP contribution in [-0.2, 0) is 20.7 Å². The molecule has 1 amide bonds. The molecule has 1 aliphatic heterocycles. The second-order valence-electron chi connectivity index (χ2n) is 6.41. The molecule has 1 saturated carbocycles. The van der Waals surface area contributed by atoms with E-state index in [1.807, 2.05) is 24.3 Å². The molecule has 0 saturated heterocycles. The smallest absolute Gasteiger partial charge is 0.327 e. The number of nitrogens with zero attached hydrogens (tertiary/aromatic N) is 2. The molecule has 2 aliphatic rings. The summed E-state index contributed by atoms with van der Waals surface area (Å²) in [6.45, 7) is 1.95. The Morgan fingerprint density at radius 2 is 2.00 bits per heavy atom. The maximum Gasteiger partial charge on any atom is 0.327 e. The van der Waals surface area contributed by atoms with Crippen LogP contribution in [0.1, 0.15) is 50.2 Å². The number of hydrogen-bond donors (Lipinski definition) is 0. The molecule has 0 spiro atoms. The summed E-state index contributed by atoms with van der Waals surface area (Å²) in [6, 6.07) is 7.97. The predicted octanol–water partition coefficient (Wildman–Crippen LogP) is 2.92. The average molecular weight is 328 g/mol. The average Bonchev–Trinajstić information content (AvgIpc) is 2.73. The molecule has 1 fully saturated rings. The summed E-state index contributed by atoms with van der Waals surface area (Å²) in [4.78, 5) is 24.4. The fraction of sp³-hybridized carbons (Fsp3) is 0.526. The summed E-state index contributed by atoms with van der Waals surface area (Å²) < 4.78 is 4.99. The van der Waals surface area contributed by atoms with Crippen molar-refractivity contribution in [1.82, 2.24) is 5.01 Å². The lowest BCUT2D eigenvalue weighted by Crippen LogP contribution is -2.34. The van der Waals surface area contributed by atoms with Crippen LogP contribution in [0.15, 0.2) is 29.4 Å². The first-order valence-corrected chi connectivity index (χ1v) is 8.81. The lowest BCUT2D eigenvalue weighted by molar-refractivity contribution is -0.148. The van der Waals surface area contributed by atoms with Crippen LogP contribution in [0.4, 0.5) is 0 Å². The zero-order chi connectivity index (χ0) is 16.9. The van der Waals surface area contributed by atoms with Crippen LogP contribution in [0, 0.1) is 5.92 Å². The molecule has 1 aliphatic carbocycles. The summed E-state index contributed by atoms with van der Waals surface area (Å²) in [7, 11) is 0. The second-order valence-corrected chi connectivity index (χ2v) is 6.41. The molecule has 0 radical (unpaired) electrons. The molecule has 5 nitrogen and oxygen atoms in total. The monoisotopic (exact) mass is 328 g/mol. The Balaban J connectivity index is 1.94. The van der Waals surface area contributed by atoms with Gasteiger partial charge in [-0.05, 0) is 25.3 Å². The van der Waals surface area contributed by atoms with Crippen LogP contribution in [0.2, 0.25) is 0 Å². The third-order valence-electron chi connectivity index (χ3n) is 4.73. The first-order chi connectivity index (χ1) is 11.7. The number of carbonyl (C=O) groups excluding carboxylic acids is 2. The van der Waals surface area contributed by atoms with E-state index in [0.717, 1.165) is 29.7 Å². The summed E-state index contributed by atoms with van der Waals surface area (Å²) >= 11 is 0. The lowest BCUT2D eigenvalue weighted by Gasteiger charge is -2.25. The molecule has 0 bridgehead atoms. The Kier molecular flexibility index (Phi) is 5.28. The van der Waals surface area contributed by atoms with Gasteiger partial charge in [0.2, 0.25) is 5.91 Å². The van der Waals surface area contributed by atoms with Crippen molar-refractivity contribution in [3.8, 4) is 0 Å². The third kappa shape index (κ3) is 3.66. The molecule has 3 rings (SSSR count). The SMILES string of the molecule is CCOC(=O)CN1N=C(C2CCCCC2)c2ccccc2CC1=O. The first kappa shape index (κ1) is 16.7. The second kappa shape index (κ2) is 7.60. The molecule has 1 heterocycles. The van der Waals surface area contributed by atoms with Crippen LogP contribution in [0.3, 0.4) is 0 Å². The Morgan fingerprint density at radius 1 is 1.25 bits per heavy atom. The van der Waals surface area contributed by atoms with Gasteiger partial charge in [-0.3, -0.25) is 9.59 Å². The van der Waals surface area contributed by atoms with Crippen molar-refractivity contribution >= 4 is 17.6 Å². The van der Waals surface area contributed by atoms with Gasteiger partial charge in [0.05, 0.1) is 18.7 Å². The zero-order valence-electron chi connectivity index (χ0n) is 14.2. The van der Waals surface area contributed by atoms with Gasteiger partial charge in [-0.25, -0.2) is 5.01 Å². The number of hydrogen-bond acceptors (Lipinski definition) is 4. The van der Waals surface area contributed by atoms with E-state index >= 15 is 0 Å². The van der Waals surface area contributed by atoms with E-state index in [-0.39, 0.29) is 18.9 Å². The number of amides is 1. The summed E-state index contributed by atoms with van der Waals surface area (Å²) in [5, 5.41) is 5.95. The molecular weight excluding hydrogens is 304 g/mol. The number of fused-ring (bicyclic) bond motifs is 1. The Bertz CT molecular complexity index is 648. The molecule has 0 N–H and O–H groups in total. The maximum absolute atomic E-state index is 12.6. The molecule has 0 aromatic heterocycles. The van der Waals surface area contributed by atoms with Crippen molar-refractivity contribution in [3.05, 3.63) is 35.4 Å². The fourth-order valence-electron chi connectivity index (χ4n) is 3.55. The zero-order valence-corrected chi connectivity index (χ0v) is 14.2. The molecule has 1 aromatic carbocycles.